The number of rotatable bonds is 9. The molecule has 0 saturated heterocycles. The van der Waals surface area contributed by atoms with Crippen LogP contribution in [0.3, 0.4) is 0 Å². The highest BCUT2D eigenvalue weighted by Gasteiger charge is 2.34. The molecule has 35 heavy (non-hydrogen) atoms. The molecule has 182 valence electrons. The zero-order valence-electron chi connectivity index (χ0n) is 19.5. The summed E-state index contributed by atoms with van der Waals surface area (Å²) in [5, 5.41) is 8.08. The molecule has 0 spiro atoms. The van der Waals surface area contributed by atoms with E-state index in [0.717, 1.165) is 28.0 Å². The van der Waals surface area contributed by atoms with Gasteiger partial charge in [-0.1, -0.05) is 24.3 Å². The number of thiophene rings is 1. The first-order valence-corrected chi connectivity index (χ1v) is 12.0. The minimum Gasteiger partial charge on any atom is -0.497 e. The van der Waals surface area contributed by atoms with Gasteiger partial charge in [-0.3, -0.25) is 9.59 Å². The van der Waals surface area contributed by atoms with Gasteiger partial charge in [0.1, 0.15) is 18.1 Å². The number of carbonyl (C=O) groups is 2. The van der Waals surface area contributed by atoms with Gasteiger partial charge < -0.3 is 14.4 Å². The Labute approximate surface area is 207 Å². The lowest BCUT2D eigenvalue weighted by Gasteiger charge is -2.27. The summed E-state index contributed by atoms with van der Waals surface area (Å²) in [6, 6.07) is 16.5. The Morgan fingerprint density at radius 1 is 1.14 bits per heavy atom. The molecule has 1 aliphatic heterocycles. The number of carbonyl (C=O) groups excluding carboxylic acids is 2. The molecule has 1 aliphatic rings. The van der Waals surface area contributed by atoms with Crippen molar-refractivity contribution in [3.63, 3.8) is 0 Å². The molecule has 3 aromatic rings. The minimum absolute atomic E-state index is 0.171. The Kier molecular flexibility index (Phi) is 7.89. The Morgan fingerprint density at radius 2 is 1.94 bits per heavy atom. The fourth-order valence-electron chi connectivity index (χ4n) is 3.91. The number of hydrogen-bond donors (Lipinski definition) is 0. The van der Waals surface area contributed by atoms with Crippen molar-refractivity contribution in [2.24, 2.45) is 5.10 Å². The molecular weight excluding hydrogens is 469 g/mol. The molecule has 0 fully saturated rings. The van der Waals surface area contributed by atoms with Crippen LogP contribution in [0.4, 0.5) is 4.39 Å². The second-order valence-electron chi connectivity index (χ2n) is 7.99. The first-order chi connectivity index (χ1) is 17.0. The van der Waals surface area contributed by atoms with Crippen molar-refractivity contribution in [1.82, 2.24) is 9.91 Å². The summed E-state index contributed by atoms with van der Waals surface area (Å²) in [6.45, 7) is 0.201. The standard InChI is InChI=1S/C26H26FN3O4S/c1-33-13-12-29(26(32)19-5-3-6-20(27)15-19)17-25(31)30-23(18-8-10-21(34-2)11-9-18)16-22(28-30)24-7-4-14-35-24/h3-11,14-15,23H,12-13,16-17H2,1-2H3/t23-/m0/s1. The fourth-order valence-corrected chi connectivity index (χ4v) is 4.63. The summed E-state index contributed by atoms with van der Waals surface area (Å²) in [5.74, 6) is -0.579. The Morgan fingerprint density at radius 3 is 2.60 bits per heavy atom. The molecule has 9 heteroatoms. The first kappa shape index (κ1) is 24.6. The maximum Gasteiger partial charge on any atom is 0.262 e. The van der Waals surface area contributed by atoms with Crippen LogP contribution in [0.15, 0.2) is 71.1 Å². The van der Waals surface area contributed by atoms with E-state index >= 15 is 0 Å². The summed E-state index contributed by atoms with van der Waals surface area (Å²) in [4.78, 5) is 29.0. The van der Waals surface area contributed by atoms with Crippen molar-refractivity contribution >= 4 is 28.9 Å². The summed E-state index contributed by atoms with van der Waals surface area (Å²) in [6.07, 6.45) is 0.550. The summed E-state index contributed by atoms with van der Waals surface area (Å²) in [7, 11) is 3.12. The third-order valence-corrected chi connectivity index (χ3v) is 6.64. The maximum atomic E-state index is 13.7. The SMILES string of the molecule is COCCN(CC(=O)N1N=C(c2cccs2)C[C@H]1c1ccc(OC)cc1)C(=O)c1cccc(F)c1. The number of nitrogens with zero attached hydrogens (tertiary/aromatic N) is 3. The fraction of sp³-hybridized carbons (Fsp3) is 0.269. The monoisotopic (exact) mass is 495 g/mol. The first-order valence-electron chi connectivity index (χ1n) is 11.1. The maximum absolute atomic E-state index is 13.7. The van der Waals surface area contributed by atoms with Gasteiger partial charge in [-0.25, -0.2) is 9.40 Å². The van der Waals surface area contributed by atoms with Crippen LogP contribution < -0.4 is 4.74 Å². The number of amides is 2. The van der Waals surface area contributed by atoms with Crippen LogP contribution in [0.25, 0.3) is 0 Å². The van der Waals surface area contributed by atoms with Gasteiger partial charge in [-0.05, 0) is 47.3 Å². The lowest BCUT2D eigenvalue weighted by atomic mass is 10.0. The van der Waals surface area contributed by atoms with E-state index in [1.165, 1.54) is 35.2 Å². The Hall–Kier alpha value is -3.56. The van der Waals surface area contributed by atoms with Crippen molar-refractivity contribution in [2.75, 3.05) is 33.9 Å². The van der Waals surface area contributed by atoms with E-state index in [-0.39, 0.29) is 37.2 Å². The average Bonchev–Trinajstić information content (AvgIpc) is 3.56. The van der Waals surface area contributed by atoms with Crippen molar-refractivity contribution in [1.29, 1.82) is 0 Å². The number of ether oxygens (including phenoxy) is 2. The summed E-state index contributed by atoms with van der Waals surface area (Å²) < 4.78 is 24.1. The van der Waals surface area contributed by atoms with Crippen LogP contribution in [0.2, 0.25) is 0 Å². The molecule has 1 aromatic heterocycles. The lowest BCUT2D eigenvalue weighted by Crippen LogP contribution is -2.42. The molecular formula is C26H26FN3O4S. The third-order valence-electron chi connectivity index (χ3n) is 5.72. The van der Waals surface area contributed by atoms with Gasteiger partial charge in [0.25, 0.3) is 11.8 Å². The molecule has 0 radical (unpaired) electrons. The van der Waals surface area contributed by atoms with Gasteiger partial charge in [0.2, 0.25) is 0 Å². The molecule has 7 nitrogen and oxygen atoms in total. The van der Waals surface area contributed by atoms with Crippen LogP contribution >= 0.6 is 11.3 Å². The van der Waals surface area contributed by atoms with E-state index in [0.29, 0.717) is 6.42 Å². The minimum atomic E-state index is -0.516. The average molecular weight is 496 g/mol. The normalized spacial score (nSPS) is 15.1. The van der Waals surface area contributed by atoms with Crippen LogP contribution in [0, 0.1) is 5.82 Å². The zero-order chi connectivity index (χ0) is 24.8. The van der Waals surface area contributed by atoms with E-state index in [2.05, 4.69) is 5.10 Å². The number of methoxy groups -OCH3 is 2. The molecule has 2 amide bonds. The van der Waals surface area contributed by atoms with Crippen molar-refractivity contribution in [3.05, 3.63) is 87.9 Å². The highest BCUT2D eigenvalue weighted by molar-refractivity contribution is 7.12. The number of hydrazone groups is 1. The highest BCUT2D eigenvalue weighted by atomic mass is 32.1. The van der Waals surface area contributed by atoms with Gasteiger partial charge in [0, 0.05) is 25.6 Å². The molecule has 0 unspecified atom stereocenters. The smallest absolute Gasteiger partial charge is 0.262 e. The molecule has 0 saturated carbocycles. The molecule has 0 N–H and O–H groups in total. The predicted molar refractivity (Wildman–Crippen MR) is 132 cm³/mol. The van der Waals surface area contributed by atoms with Crippen LogP contribution in [0.5, 0.6) is 5.75 Å². The molecule has 4 rings (SSSR count). The van der Waals surface area contributed by atoms with Crippen LogP contribution in [0.1, 0.15) is 33.3 Å². The number of benzene rings is 2. The van der Waals surface area contributed by atoms with Gasteiger partial charge in [0.05, 0.1) is 30.3 Å². The highest BCUT2D eigenvalue weighted by Crippen LogP contribution is 2.34. The summed E-state index contributed by atoms with van der Waals surface area (Å²) in [5.41, 5.74) is 1.90. The van der Waals surface area contributed by atoms with Crippen molar-refractivity contribution < 1.29 is 23.5 Å². The second kappa shape index (κ2) is 11.2. The van der Waals surface area contributed by atoms with E-state index in [1.807, 2.05) is 41.8 Å². The van der Waals surface area contributed by atoms with Crippen LogP contribution in [-0.2, 0) is 9.53 Å². The Balaban J connectivity index is 1.60. The number of halogens is 1. The number of hydrogen-bond acceptors (Lipinski definition) is 6. The topological polar surface area (TPSA) is 71.4 Å². The van der Waals surface area contributed by atoms with Gasteiger partial charge >= 0.3 is 0 Å². The third kappa shape index (κ3) is 5.75. The quantitative estimate of drug-likeness (QED) is 0.442. The van der Waals surface area contributed by atoms with Gasteiger partial charge in [-0.2, -0.15) is 5.10 Å². The van der Waals surface area contributed by atoms with E-state index in [9.17, 15) is 14.0 Å². The second-order valence-corrected chi connectivity index (χ2v) is 8.93. The van der Waals surface area contributed by atoms with Crippen molar-refractivity contribution in [2.45, 2.75) is 12.5 Å². The molecule has 2 heterocycles. The van der Waals surface area contributed by atoms with Crippen molar-refractivity contribution in [3.8, 4) is 5.75 Å². The van der Waals surface area contributed by atoms with E-state index in [4.69, 9.17) is 9.47 Å². The predicted octanol–water partition coefficient (Wildman–Crippen LogP) is 4.36. The molecule has 0 aliphatic carbocycles. The van der Waals surface area contributed by atoms with E-state index < -0.39 is 11.7 Å². The van der Waals surface area contributed by atoms with Crippen LogP contribution in [-0.4, -0.2) is 61.4 Å². The summed E-state index contributed by atoms with van der Waals surface area (Å²) >= 11 is 1.56. The van der Waals surface area contributed by atoms with E-state index in [1.54, 1.807) is 18.4 Å². The van der Waals surface area contributed by atoms with Gasteiger partial charge in [0.15, 0.2) is 0 Å². The molecule has 2 aromatic carbocycles. The zero-order valence-corrected chi connectivity index (χ0v) is 20.3. The Bertz CT molecular complexity index is 1200. The largest absolute Gasteiger partial charge is 0.497 e. The molecule has 1 atom stereocenters. The lowest BCUT2D eigenvalue weighted by molar-refractivity contribution is -0.133. The van der Waals surface area contributed by atoms with Gasteiger partial charge in [-0.15, -0.1) is 11.3 Å². The molecule has 0 bridgehead atoms.